The van der Waals surface area contributed by atoms with Gasteiger partial charge in [-0.15, -0.1) is 0 Å². The van der Waals surface area contributed by atoms with Crippen LogP contribution in [0.2, 0.25) is 5.02 Å². The zero-order valence-corrected chi connectivity index (χ0v) is 16.1. The molecule has 3 rings (SSSR count). The number of amidine groups is 1. The summed E-state index contributed by atoms with van der Waals surface area (Å²) < 4.78 is 44.2. The smallest absolute Gasteiger partial charge is 0.425 e. The number of carbonyl (C=O) groups excluding carboxylic acids is 1. The Bertz CT molecular complexity index is 1050. The van der Waals surface area contributed by atoms with Gasteiger partial charge in [-0.3, -0.25) is 4.79 Å². The number of rotatable bonds is 3. The molecule has 3 N–H and O–H groups in total. The van der Waals surface area contributed by atoms with Crippen molar-refractivity contribution >= 4 is 29.3 Å². The number of anilines is 1. The number of nitriles is 1. The molecule has 1 amide bonds. The normalized spacial score (nSPS) is 21.2. The second-order valence-corrected chi connectivity index (χ2v) is 7.01. The van der Waals surface area contributed by atoms with Crippen LogP contribution in [-0.4, -0.2) is 34.2 Å². The van der Waals surface area contributed by atoms with Crippen LogP contribution in [-0.2, 0) is 10.3 Å². The minimum absolute atomic E-state index is 0.00439. The number of ether oxygens (including phenoxy) is 1. The van der Waals surface area contributed by atoms with Gasteiger partial charge in [-0.1, -0.05) is 11.6 Å². The predicted molar refractivity (Wildman–Crippen MR) is 101 cm³/mol. The molecule has 0 aromatic carbocycles. The van der Waals surface area contributed by atoms with Gasteiger partial charge in [-0.2, -0.15) is 18.4 Å². The average molecular weight is 439 g/mol. The van der Waals surface area contributed by atoms with Crippen molar-refractivity contribution in [2.24, 2.45) is 10.7 Å². The molecule has 0 unspecified atom stereocenters. The summed E-state index contributed by atoms with van der Waals surface area (Å²) >= 11 is 6.17. The van der Waals surface area contributed by atoms with Gasteiger partial charge >= 0.3 is 6.18 Å². The lowest BCUT2D eigenvalue weighted by atomic mass is 9.89. The second kappa shape index (κ2) is 7.79. The summed E-state index contributed by atoms with van der Waals surface area (Å²) in [7, 11) is 0. The Labute approximate surface area is 173 Å². The zero-order chi connectivity index (χ0) is 22.1. The standard InChI is InChI=1S/C18H14ClF3N6O2/c1-17(6-12(18(20,21)22)30-16(24)28-17)14-10(19)3-5-13(26-14)27-15(29)11-4-2-9(7-23)8-25-11/h2-5,8,12H,6H2,1H3,(H2,24,28)(H,26,27,29)/t12-,17-/m0/s1. The van der Waals surface area contributed by atoms with E-state index in [9.17, 15) is 18.0 Å². The van der Waals surface area contributed by atoms with Crippen LogP contribution in [0.5, 0.6) is 0 Å². The molecular weight excluding hydrogens is 425 g/mol. The van der Waals surface area contributed by atoms with Crippen molar-refractivity contribution in [3.8, 4) is 6.07 Å². The van der Waals surface area contributed by atoms with Crippen molar-refractivity contribution < 1.29 is 22.7 Å². The summed E-state index contributed by atoms with van der Waals surface area (Å²) in [5.74, 6) is -0.607. The number of pyridine rings is 2. The van der Waals surface area contributed by atoms with Gasteiger partial charge in [0.1, 0.15) is 23.1 Å². The van der Waals surface area contributed by atoms with Gasteiger partial charge in [0.05, 0.1) is 16.3 Å². The van der Waals surface area contributed by atoms with Crippen LogP contribution in [0.1, 0.15) is 35.1 Å². The Kier molecular flexibility index (Phi) is 5.54. The average Bonchev–Trinajstić information content (AvgIpc) is 2.68. The Hall–Kier alpha value is -3.39. The first kappa shape index (κ1) is 21.3. The molecule has 30 heavy (non-hydrogen) atoms. The van der Waals surface area contributed by atoms with Gasteiger partial charge in [0.2, 0.25) is 0 Å². The molecule has 0 saturated carbocycles. The highest BCUT2D eigenvalue weighted by atomic mass is 35.5. The van der Waals surface area contributed by atoms with Crippen molar-refractivity contribution in [1.82, 2.24) is 9.97 Å². The van der Waals surface area contributed by atoms with Gasteiger partial charge in [0, 0.05) is 12.6 Å². The number of halogens is 4. The lowest BCUT2D eigenvalue weighted by Gasteiger charge is -2.35. The SMILES string of the molecule is C[C@@]1(c2nc(NC(=O)c3ccc(C#N)cn3)ccc2Cl)C[C@@H](C(F)(F)F)OC(N)=N1. The lowest BCUT2D eigenvalue weighted by Crippen LogP contribution is -2.46. The number of aromatic nitrogens is 2. The molecule has 1 aliphatic rings. The molecule has 0 aliphatic carbocycles. The van der Waals surface area contributed by atoms with Crippen molar-refractivity contribution in [1.29, 1.82) is 5.26 Å². The first-order chi connectivity index (χ1) is 14.0. The highest BCUT2D eigenvalue weighted by molar-refractivity contribution is 6.31. The molecule has 0 spiro atoms. The van der Waals surface area contributed by atoms with Crippen molar-refractivity contribution in [3.05, 3.63) is 52.4 Å². The molecule has 156 valence electrons. The maximum Gasteiger partial charge on any atom is 0.425 e. The van der Waals surface area contributed by atoms with Crippen LogP contribution < -0.4 is 11.1 Å². The molecule has 2 atom stereocenters. The van der Waals surface area contributed by atoms with Gasteiger partial charge in [0.25, 0.3) is 11.9 Å². The number of alkyl halides is 3. The van der Waals surface area contributed by atoms with Gasteiger partial charge in [-0.25, -0.2) is 15.0 Å². The third-order valence-electron chi connectivity index (χ3n) is 4.29. The number of amides is 1. The summed E-state index contributed by atoms with van der Waals surface area (Å²) in [6.07, 6.45) is -6.22. The van der Waals surface area contributed by atoms with Gasteiger partial charge in [-0.05, 0) is 31.2 Å². The minimum Gasteiger partial charge on any atom is -0.452 e. The molecule has 0 fully saturated rings. The number of nitrogens with two attached hydrogens (primary N) is 1. The fraction of sp³-hybridized carbons (Fsp3) is 0.278. The van der Waals surface area contributed by atoms with E-state index in [1.807, 2.05) is 6.07 Å². The van der Waals surface area contributed by atoms with Crippen LogP contribution >= 0.6 is 11.6 Å². The zero-order valence-electron chi connectivity index (χ0n) is 15.4. The van der Waals surface area contributed by atoms with E-state index in [0.29, 0.717) is 0 Å². The van der Waals surface area contributed by atoms with Gasteiger partial charge < -0.3 is 15.8 Å². The quantitative estimate of drug-likeness (QED) is 0.758. The topological polar surface area (TPSA) is 126 Å². The Balaban J connectivity index is 1.90. The van der Waals surface area contributed by atoms with E-state index in [2.05, 4.69) is 25.0 Å². The minimum atomic E-state index is -4.67. The number of hydrogen-bond donors (Lipinski definition) is 2. The van der Waals surface area contributed by atoms with E-state index in [1.165, 1.54) is 37.4 Å². The number of nitrogens with one attached hydrogen (secondary N) is 1. The van der Waals surface area contributed by atoms with E-state index in [1.54, 1.807) is 0 Å². The van der Waals surface area contributed by atoms with Crippen molar-refractivity contribution in [2.45, 2.75) is 31.2 Å². The summed E-state index contributed by atoms with van der Waals surface area (Å²) in [5.41, 5.74) is 4.22. The maximum atomic E-state index is 13.2. The van der Waals surface area contributed by atoms with E-state index in [0.717, 1.165) is 0 Å². The van der Waals surface area contributed by atoms with Crippen molar-refractivity contribution in [2.75, 3.05) is 5.32 Å². The second-order valence-electron chi connectivity index (χ2n) is 6.60. The Morgan fingerprint density at radius 2 is 2.13 bits per heavy atom. The third kappa shape index (κ3) is 4.44. The first-order valence-electron chi connectivity index (χ1n) is 8.45. The summed E-state index contributed by atoms with van der Waals surface area (Å²) in [4.78, 5) is 24.4. The molecule has 0 bridgehead atoms. The highest BCUT2D eigenvalue weighted by Gasteiger charge is 2.50. The largest absolute Gasteiger partial charge is 0.452 e. The molecule has 8 nitrogen and oxygen atoms in total. The van der Waals surface area contributed by atoms with E-state index in [-0.39, 0.29) is 27.8 Å². The molecule has 3 heterocycles. The molecular formula is C18H14ClF3N6O2. The summed E-state index contributed by atoms with van der Waals surface area (Å²) in [5, 5.41) is 11.3. The number of aliphatic imine (C=N–C) groups is 1. The number of hydrogen-bond acceptors (Lipinski definition) is 7. The first-order valence-corrected chi connectivity index (χ1v) is 8.83. The lowest BCUT2D eigenvalue weighted by molar-refractivity contribution is -0.208. The van der Waals surface area contributed by atoms with Crippen LogP contribution in [0, 0.1) is 11.3 Å². The van der Waals surface area contributed by atoms with Crippen LogP contribution in [0.15, 0.2) is 35.5 Å². The number of carbonyl (C=O) groups is 1. The van der Waals surface area contributed by atoms with E-state index >= 15 is 0 Å². The summed E-state index contributed by atoms with van der Waals surface area (Å²) in [6.45, 7) is 1.39. The molecule has 1 aliphatic heterocycles. The van der Waals surface area contributed by atoms with E-state index in [4.69, 9.17) is 22.6 Å². The maximum absolute atomic E-state index is 13.2. The summed E-state index contributed by atoms with van der Waals surface area (Å²) in [6, 6.07) is 6.76. The predicted octanol–water partition coefficient (Wildman–Crippen LogP) is 3.14. The van der Waals surface area contributed by atoms with Crippen LogP contribution in [0.3, 0.4) is 0 Å². The third-order valence-corrected chi connectivity index (χ3v) is 4.60. The van der Waals surface area contributed by atoms with Crippen LogP contribution in [0.25, 0.3) is 0 Å². The number of nitrogens with zero attached hydrogens (tertiary/aromatic N) is 4. The van der Waals surface area contributed by atoms with Crippen molar-refractivity contribution in [3.63, 3.8) is 0 Å². The monoisotopic (exact) mass is 438 g/mol. The van der Waals surface area contributed by atoms with E-state index < -0.39 is 36.2 Å². The Morgan fingerprint density at radius 1 is 1.40 bits per heavy atom. The molecule has 2 aromatic heterocycles. The Morgan fingerprint density at radius 3 is 2.73 bits per heavy atom. The molecule has 2 aromatic rings. The fourth-order valence-electron chi connectivity index (χ4n) is 2.86. The van der Waals surface area contributed by atoms with Gasteiger partial charge in [0.15, 0.2) is 6.10 Å². The highest BCUT2D eigenvalue weighted by Crippen LogP contribution is 2.41. The molecule has 0 radical (unpaired) electrons. The fourth-order valence-corrected chi connectivity index (χ4v) is 3.17. The molecule has 12 heteroatoms. The molecule has 0 saturated heterocycles. The van der Waals surface area contributed by atoms with Crippen LogP contribution in [0.4, 0.5) is 19.0 Å².